The molecule has 0 saturated heterocycles. The van der Waals surface area contributed by atoms with Crippen molar-refractivity contribution in [2.75, 3.05) is 0 Å². The zero-order chi connectivity index (χ0) is 13.0. The zero-order valence-electron chi connectivity index (χ0n) is 8.15. The SMILES string of the molecule is N#CC(C#N)=Cc1cc(Cl)cc(Cl)c1[N+](=O)[O-]. The lowest BCUT2D eigenvalue weighted by molar-refractivity contribution is -0.384. The predicted molar refractivity (Wildman–Crippen MR) is 62.3 cm³/mol. The van der Waals surface area contributed by atoms with Crippen LogP contribution in [0.4, 0.5) is 5.69 Å². The molecule has 17 heavy (non-hydrogen) atoms. The topological polar surface area (TPSA) is 90.7 Å². The first kappa shape index (κ1) is 13.0. The molecule has 0 aliphatic carbocycles. The first-order chi connectivity index (χ1) is 7.99. The number of nitro benzene ring substituents is 1. The molecule has 1 aromatic carbocycles. The second-order valence-electron chi connectivity index (χ2n) is 2.86. The lowest BCUT2D eigenvalue weighted by Crippen LogP contribution is -1.93. The van der Waals surface area contributed by atoms with Gasteiger partial charge in [-0.25, -0.2) is 0 Å². The highest BCUT2D eigenvalue weighted by Gasteiger charge is 2.19. The highest BCUT2D eigenvalue weighted by Crippen LogP contribution is 2.33. The summed E-state index contributed by atoms with van der Waals surface area (Å²) in [5.41, 5.74) is -0.642. The van der Waals surface area contributed by atoms with Gasteiger partial charge in [0.1, 0.15) is 22.7 Å². The fourth-order valence-electron chi connectivity index (χ4n) is 1.13. The molecule has 7 heteroatoms. The molecule has 0 unspecified atom stereocenters. The number of nitro groups is 1. The molecule has 1 rings (SSSR count). The first-order valence-electron chi connectivity index (χ1n) is 4.15. The number of hydrogen-bond acceptors (Lipinski definition) is 4. The van der Waals surface area contributed by atoms with E-state index < -0.39 is 4.92 Å². The molecule has 5 nitrogen and oxygen atoms in total. The molecule has 0 aliphatic heterocycles. The number of halogens is 2. The van der Waals surface area contributed by atoms with Crippen LogP contribution in [0.5, 0.6) is 0 Å². The van der Waals surface area contributed by atoms with Crippen LogP contribution < -0.4 is 0 Å². The lowest BCUT2D eigenvalue weighted by atomic mass is 10.1. The van der Waals surface area contributed by atoms with E-state index in [0.717, 1.165) is 6.08 Å². The van der Waals surface area contributed by atoms with E-state index in [4.69, 9.17) is 33.7 Å². The van der Waals surface area contributed by atoms with E-state index in [2.05, 4.69) is 0 Å². The van der Waals surface area contributed by atoms with Gasteiger partial charge in [0.05, 0.1) is 10.5 Å². The van der Waals surface area contributed by atoms with E-state index in [1.54, 1.807) is 12.1 Å². The highest BCUT2D eigenvalue weighted by molar-refractivity contribution is 6.36. The third-order valence-corrected chi connectivity index (χ3v) is 2.29. The second kappa shape index (κ2) is 5.31. The molecular formula is C10H3Cl2N3O2. The van der Waals surface area contributed by atoms with Gasteiger partial charge in [-0.2, -0.15) is 10.5 Å². The predicted octanol–water partition coefficient (Wildman–Crippen LogP) is 3.33. The van der Waals surface area contributed by atoms with Crippen molar-refractivity contribution in [3.05, 3.63) is 43.4 Å². The number of nitriles is 2. The molecule has 1 aromatic rings. The lowest BCUT2D eigenvalue weighted by Gasteiger charge is -2.01. The molecular weight excluding hydrogens is 265 g/mol. The van der Waals surface area contributed by atoms with Crippen molar-refractivity contribution in [2.45, 2.75) is 0 Å². The third-order valence-electron chi connectivity index (χ3n) is 1.78. The Bertz CT molecular complexity index is 581. The van der Waals surface area contributed by atoms with Gasteiger partial charge < -0.3 is 0 Å². The van der Waals surface area contributed by atoms with Crippen molar-refractivity contribution >= 4 is 35.0 Å². The monoisotopic (exact) mass is 267 g/mol. The number of rotatable bonds is 2. The molecule has 0 aromatic heterocycles. The van der Waals surface area contributed by atoms with Crippen LogP contribution in [0.2, 0.25) is 10.0 Å². The van der Waals surface area contributed by atoms with Gasteiger partial charge in [-0.05, 0) is 18.2 Å². The van der Waals surface area contributed by atoms with Crippen molar-refractivity contribution < 1.29 is 4.92 Å². The van der Waals surface area contributed by atoms with Gasteiger partial charge in [0.25, 0.3) is 5.69 Å². The highest BCUT2D eigenvalue weighted by atomic mass is 35.5. The summed E-state index contributed by atoms with van der Waals surface area (Å²) in [5, 5.41) is 28.0. The summed E-state index contributed by atoms with van der Waals surface area (Å²) >= 11 is 11.4. The largest absolute Gasteiger partial charge is 0.295 e. The molecule has 0 atom stereocenters. The van der Waals surface area contributed by atoms with Crippen molar-refractivity contribution in [3.8, 4) is 12.1 Å². The Labute approximate surface area is 106 Å². The Kier molecular flexibility index (Phi) is 4.06. The van der Waals surface area contributed by atoms with Crippen LogP contribution in [0.15, 0.2) is 17.7 Å². The number of benzene rings is 1. The maximum Gasteiger partial charge on any atom is 0.295 e. The van der Waals surface area contributed by atoms with Crippen LogP contribution in [0.25, 0.3) is 6.08 Å². The molecule has 0 saturated carbocycles. The molecule has 0 fully saturated rings. The van der Waals surface area contributed by atoms with Gasteiger partial charge >= 0.3 is 0 Å². The van der Waals surface area contributed by atoms with Gasteiger partial charge in [-0.3, -0.25) is 10.1 Å². The summed E-state index contributed by atoms with van der Waals surface area (Å²) < 4.78 is 0. The fraction of sp³-hybridized carbons (Fsp3) is 0. The minimum absolute atomic E-state index is 0.0191. The first-order valence-corrected chi connectivity index (χ1v) is 4.90. The zero-order valence-corrected chi connectivity index (χ0v) is 9.66. The van der Waals surface area contributed by atoms with Crippen LogP contribution in [-0.4, -0.2) is 4.92 Å². The molecule has 0 heterocycles. The van der Waals surface area contributed by atoms with E-state index in [1.807, 2.05) is 0 Å². The van der Waals surface area contributed by atoms with Crippen molar-refractivity contribution in [1.82, 2.24) is 0 Å². The van der Waals surface area contributed by atoms with Gasteiger partial charge in [0, 0.05) is 5.02 Å². The summed E-state index contributed by atoms with van der Waals surface area (Å²) in [7, 11) is 0. The van der Waals surface area contributed by atoms with Gasteiger partial charge in [-0.1, -0.05) is 23.2 Å². The molecule has 0 spiro atoms. The molecule has 0 radical (unpaired) electrons. The molecule has 0 amide bonds. The second-order valence-corrected chi connectivity index (χ2v) is 3.71. The minimum atomic E-state index is -0.698. The maximum absolute atomic E-state index is 10.8. The molecule has 0 bridgehead atoms. The minimum Gasteiger partial charge on any atom is -0.258 e. The molecule has 0 aliphatic rings. The van der Waals surface area contributed by atoms with Crippen LogP contribution in [0.1, 0.15) is 5.56 Å². The van der Waals surface area contributed by atoms with E-state index in [-0.39, 0.29) is 26.9 Å². The van der Waals surface area contributed by atoms with Gasteiger partial charge in [0.15, 0.2) is 0 Å². The Morgan fingerprint density at radius 1 is 1.35 bits per heavy atom. The van der Waals surface area contributed by atoms with E-state index >= 15 is 0 Å². The van der Waals surface area contributed by atoms with Crippen LogP contribution in [-0.2, 0) is 0 Å². The smallest absolute Gasteiger partial charge is 0.258 e. The average Bonchev–Trinajstić information content (AvgIpc) is 2.24. The van der Waals surface area contributed by atoms with Crippen molar-refractivity contribution in [1.29, 1.82) is 10.5 Å². The Hall–Kier alpha value is -2.08. The molecule has 84 valence electrons. The summed E-state index contributed by atoms with van der Waals surface area (Å²) in [4.78, 5) is 10.1. The van der Waals surface area contributed by atoms with Crippen LogP contribution in [0.3, 0.4) is 0 Å². The van der Waals surface area contributed by atoms with Gasteiger partial charge in [0.2, 0.25) is 0 Å². The Balaban J connectivity index is 3.54. The Morgan fingerprint density at radius 3 is 2.41 bits per heavy atom. The van der Waals surface area contributed by atoms with E-state index in [0.29, 0.717) is 0 Å². The number of hydrogen-bond donors (Lipinski definition) is 0. The van der Waals surface area contributed by atoms with Gasteiger partial charge in [-0.15, -0.1) is 0 Å². The van der Waals surface area contributed by atoms with E-state index in [9.17, 15) is 10.1 Å². The summed E-state index contributed by atoms with van der Waals surface area (Å²) in [6, 6.07) is 5.68. The quantitative estimate of drug-likeness (QED) is 0.467. The summed E-state index contributed by atoms with van der Waals surface area (Å²) in [5.74, 6) is 0. The Morgan fingerprint density at radius 2 is 1.94 bits per heavy atom. The number of allylic oxidation sites excluding steroid dienone is 1. The normalized spacial score (nSPS) is 8.94. The third kappa shape index (κ3) is 2.94. The molecule has 0 N–H and O–H groups in total. The summed E-state index contributed by atoms with van der Waals surface area (Å²) in [6.45, 7) is 0. The van der Waals surface area contributed by atoms with Crippen LogP contribution >= 0.6 is 23.2 Å². The average molecular weight is 268 g/mol. The van der Waals surface area contributed by atoms with Crippen molar-refractivity contribution in [3.63, 3.8) is 0 Å². The van der Waals surface area contributed by atoms with E-state index in [1.165, 1.54) is 12.1 Å². The van der Waals surface area contributed by atoms with Crippen molar-refractivity contribution in [2.24, 2.45) is 0 Å². The standard InChI is InChI=1S/C10H3Cl2N3O2/c11-8-2-7(1-6(4-13)5-14)10(15(16)17)9(12)3-8/h1-3H. The maximum atomic E-state index is 10.8. The summed E-state index contributed by atoms with van der Waals surface area (Å²) in [6.07, 6.45) is 1.07. The number of nitrogens with zero attached hydrogens (tertiary/aromatic N) is 3. The fourth-order valence-corrected chi connectivity index (χ4v) is 1.71. The van der Waals surface area contributed by atoms with Crippen LogP contribution in [0, 0.1) is 32.8 Å².